The summed E-state index contributed by atoms with van der Waals surface area (Å²) in [6.07, 6.45) is 2.46. The SMILES string of the molecule is CCNCc1ccccc1OC(CC)CC. The van der Waals surface area contributed by atoms with E-state index in [1.807, 2.05) is 6.07 Å². The van der Waals surface area contributed by atoms with Gasteiger partial charge >= 0.3 is 0 Å². The molecule has 1 N–H and O–H groups in total. The standard InChI is InChI=1S/C14H23NO/c1-4-13(5-2)16-14-10-8-7-9-12(14)11-15-6-3/h7-10,13,15H,4-6,11H2,1-3H3. The molecule has 0 atom stereocenters. The van der Waals surface area contributed by atoms with E-state index in [0.717, 1.165) is 31.7 Å². The molecule has 0 aliphatic carbocycles. The topological polar surface area (TPSA) is 21.3 Å². The van der Waals surface area contributed by atoms with Gasteiger partial charge in [0.1, 0.15) is 5.75 Å². The summed E-state index contributed by atoms with van der Waals surface area (Å²) in [7, 11) is 0. The molecule has 0 saturated carbocycles. The molecule has 1 aromatic rings. The Kier molecular flexibility index (Phi) is 5.94. The van der Waals surface area contributed by atoms with Crippen LogP contribution in [-0.4, -0.2) is 12.6 Å². The van der Waals surface area contributed by atoms with Gasteiger partial charge in [-0.1, -0.05) is 39.0 Å². The van der Waals surface area contributed by atoms with E-state index in [1.165, 1.54) is 5.56 Å². The zero-order valence-corrected chi connectivity index (χ0v) is 10.6. The molecule has 16 heavy (non-hydrogen) atoms. The number of hydrogen-bond donors (Lipinski definition) is 1. The predicted octanol–water partition coefficient (Wildman–Crippen LogP) is 3.36. The third-order valence-corrected chi connectivity index (χ3v) is 2.74. The fourth-order valence-corrected chi connectivity index (χ4v) is 1.66. The van der Waals surface area contributed by atoms with E-state index >= 15 is 0 Å². The van der Waals surface area contributed by atoms with E-state index in [2.05, 4.69) is 44.3 Å². The monoisotopic (exact) mass is 221 g/mol. The molecule has 0 heterocycles. The smallest absolute Gasteiger partial charge is 0.124 e. The second kappa shape index (κ2) is 7.29. The quantitative estimate of drug-likeness (QED) is 0.762. The summed E-state index contributed by atoms with van der Waals surface area (Å²) in [6.45, 7) is 8.32. The summed E-state index contributed by atoms with van der Waals surface area (Å²) in [5, 5.41) is 3.33. The normalized spacial score (nSPS) is 10.8. The lowest BCUT2D eigenvalue weighted by molar-refractivity contribution is 0.190. The van der Waals surface area contributed by atoms with Gasteiger partial charge in [0.05, 0.1) is 6.10 Å². The van der Waals surface area contributed by atoms with Gasteiger partial charge in [0, 0.05) is 12.1 Å². The third kappa shape index (κ3) is 3.86. The molecule has 0 amide bonds. The van der Waals surface area contributed by atoms with Gasteiger partial charge in [0.25, 0.3) is 0 Å². The van der Waals surface area contributed by atoms with Crippen molar-refractivity contribution in [3.05, 3.63) is 29.8 Å². The second-order valence-corrected chi connectivity index (χ2v) is 3.94. The Morgan fingerprint density at radius 1 is 1.12 bits per heavy atom. The molecule has 90 valence electrons. The van der Waals surface area contributed by atoms with Gasteiger partial charge in [0.15, 0.2) is 0 Å². The first kappa shape index (κ1) is 13.0. The molecule has 0 saturated heterocycles. The summed E-state index contributed by atoms with van der Waals surface area (Å²) in [6, 6.07) is 8.28. The highest BCUT2D eigenvalue weighted by atomic mass is 16.5. The van der Waals surface area contributed by atoms with Crippen molar-refractivity contribution in [3.8, 4) is 5.75 Å². The Morgan fingerprint density at radius 2 is 1.81 bits per heavy atom. The lowest BCUT2D eigenvalue weighted by atomic mass is 10.1. The fourth-order valence-electron chi connectivity index (χ4n) is 1.66. The van der Waals surface area contributed by atoms with E-state index in [4.69, 9.17) is 4.74 Å². The molecule has 0 aromatic heterocycles. The van der Waals surface area contributed by atoms with Crippen molar-refractivity contribution in [3.63, 3.8) is 0 Å². The lowest BCUT2D eigenvalue weighted by Crippen LogP contribution is -2.17. The van der Waals surface area contributed by atoms with E-state index in [-0.39, 0.29) is 0 Å². The van der Waals surface area contributed by atoms with Gasteiger partial charge in [-0.2, -0.15) is 0 Å². The van der Waals surface area contributed by atoms with Gasteiger partial charge < -0.3 is 10.1 Å². The molecule has 1 rings (SSSR count). The molecule has 0 aliphatic heterocycles. The van der Waals surface area contributed by atoms with Crippen LogP contribution in [0.3, 0.4) is 0 Å². The van der Waals surface area contributed by atoms with Crippen LogP contribution in [0.1, 0.15) is 39.2 Å². The van der Waals surface area contributed by atoms with Crippen molar-refractivity contribution < 1.29 is 4.74 Å². The van der Waals surface area contributed by atoms with Crippen molar-refractivity contribution in [1.82, 2.24) is 5.32 Å². The highest BCUT2D eigenvalue weighted by molar-refractivity contribution is 5.33. The number of hydrogen-bond acceptors (Lipinski definition) is 2. The summed E-state index contributed by atoms with van der Waals surface area (Å²) in [5.41, 5.74) is 1.25. The highest BCUT2D eigenvalue weighted by Gasteiger charge is 2.08. The highest BCUT2D eigenvalue weighted by Crippen LogP contribution is 2.20. The first-order valence-corrected chi connectivity index (χ1v) is 6.27. The van der Waals surface area contributed by atoms with E-state index in [0.29, 0.717) is 6.10 Å². The average Bonchev–Trinajstić information content (AvgIpc) is 2.34. The summed E-state index contributed by atoms with van der Waals surface area (Å²) >= 11 is 0. The van der Waals surface area contributed by atoms with Gasteiger partial charge in [-0.25, -0.2) is 0 Å². The van der Waals surface area contributed by atoms with Crippen LogP contribution in [0.5, 0.6) is 5.75 Å². The van der Waals surface area contributed by atoms with Gasteiger partial charge in [-0.3, -0.25) is 0 Å². The zero-order valence-electron chi connectivity index (χ0n) is 10.6. The Morgan fingerprint density at radius 3 is 2.44 bits per heavy atom. The van der Waals surface area contributed by atoms with E-state index < -0.39 is 0 Å². The summed E-state index contributed by atoms with van der Waals surface area (Å²) in [5.74, 6) is 1.03. The summed E-state index contributed by atoms with van der Waals surface area (Å²) in [4.78, 5) is 0. The van der Waals surface area contributed by atoms with Crippen LogP contribution < -0.4 is 10.1 Å². The lowest BCUT2D eigenvalue weighted by Gasteiger charge is -2.18. The van der Waals surface area contributed by atoms with Crippen LogP contribution >= 0.6 is 0 Å². The van der Waals surface area contributed by atoms with E-state index in [9.17, 15) is 0 Å². The maximum absolute atomic E-state index is 6.00. The maximum Gasteiger partial charge on any atom is 0.124 e. The first-order valence-electron chi connectivity index (χ1n) is 6.27. The number of rotatable bonds is 7. The van der Waals surface area contributed by atoms with Crippen LogP contribution in [-0.2, 0) is 6.54 Å². The molecule has 1 aromatic carbocycles. The van der Waals surface area contributed by atoms with Crippen LogP contribution in [0.4, 0.5) is 0 Å². The van der Waals surface area contributed by atoms with Gasteiger partial charge in [-0.15, -0.1) is 0 Å². The van der Waals surface area contributed by atoms with Crippen LogP contribution in [0.2, 0.25) is 0 Å². The number of ether oxygens (including phenoxy) is 1. The predicted molar refractivity (Wildman–Crippen MR) is 68.8 cm³/mol. The van der Waals surface area contributed by atoms with Crippen molar-refractivity contribution in [2.24, 2.45) is 0 Å². The second-order valence-electron chi connectivity index (χ2n) is 3.94. The number of para-hydroxylation sites is 1. The molecule has 0 unspecified atom stereocenters. The molecule has 2 heteroatoms. The molecule has 0 bridgehead atoms. The zero-order chi connectivity index (χ0) is 11.8. The van der Waals surface area contributed by atoms with Crippen molar-refractivity contribution in [2.45, 2.75) is 46.3 Å². The Balaban J connectivity index is 2.69. The van der Waals surface area contributed by atoms with Gasteiger partial charge in [0.2, 0.25) is 0 Å². The Bertz CT molecular complexity index is 295. The minimum absolute atomic E-state index is 0.336. The molecule has 2 nitrogen and oxygen atoms in total. The largest absolute Gasteiger partial charge is 0.490 e. The Labute approximate surface area is 99.0 Å². The molecule has 0 aliphatic rings. The van der Waals surface area contributed by atoms with Crippen LogP contribution in [0.15, 0.2) is 24.3 Å². The van der Waals surface area contributed by atoms with Crippen molar-refractivity contribution >= 4 is 0 Å². The van der Waals surface area contributed by atoms with Crippen LogP contribution in [0, 0.1) is 0 Å². The summed E-state index contributed by atoms with van der Waals surface area (Å²) < 4.78 is 6.00. The van der Waals surface area contributed by atoms with Crippen molar-refractivity contribution in [1.29, 1.82) is 0 Å². The Hall–Kier alpha value is -1.02. The fraction of sp³-hybridized carbons (Fsp3) is 0.571. The van der Waals surface area contributed by atoms with Crippen LogP contribution in [0.25, 0.3) is 0 Å². The minimum Gasteiger partial charge on any atom is -0.490 e. The molecule has 0 spiro atoms. The molecule has 0 fully saturated rings. The third-order valence-electron chi connectivity index (χ3n) is 2.74. The first-order chi connectivity index (χ1) is 7.81. The number of nitrogens with one attached hydrogen (secondary N) is 1. The molecular weight excluding hydrogens is 198 g/mol. The maximum atomic E-state index is 6.00. The van der Waals surface area contributed by atoms with Crippen molar-refractivity contribution in [2.75, 3.05) is 6.54 Å². The van der Waals surface area contributed by atoms with E-state index in [1.54, 1.807) is 0 Å². The van der Waals surface area contributed by atoms with Gasteiger partial charge in [-0.05, 0) is 25.5 Å². The average molecular weight is 221 g/mol. The number of benzene rings is 1. The minimum atomic E-state index is 0.336. The molecular formula is C14H23NO. The molecule has 0 radical (unpaired) electrons.